The van der Waals surface area contributed by atoms with Gasteiger partial charge < -0.3 is 10.2 Å². The molecule has 1 aliphatic rings. The Balaban J connectivity index is 2.07. The molecule has 1 rings (SSSR count). The van der Waals surface area contributed by atoms with Gasteiger partial charge in [0.05, 0.1) is 0 Å². The summed E-state index contributed by atoms with van der Waals surface area (Å²) in [6, 6.07) is 0.623. The number of thioether (sulfide) groups is 1. The predicted octanol–water partition coefficient (Wildman–Crippen LogP) is 2.20. The highest BCUT2D eigenvalue weighted by Crippen LogP contribution is 2.24. The van der Waals surface area contributed by atoms with Gasteiger partial charge in [-0.05, 0) is 39.1 Å². The molecular weight excluding hydrogens is 204 g/mol. The lowest BCUT2D eigenvalue weighted by Gasteiger charge is -2.25. The Labute approximate surface area is 99.2 Å². The van der Waals surface area contributed by atoms with E-state index in [4.69, 9.17) is 0 Å². The summed E-state index contributed by atoms with van der Waals surface area (Å²) in [5, 5.41) is 4.52. The van der Waals surface area contributed by atoms with Crippen molar-refractivity contribution in [3.63, 3.8) is 0 Å². The summed E-state index contributed by atoms with van der Waals surface area (Å²) in [7, 11) is 2.19. The van der Waals surface area contributed by atoms with Crippen molar-refractivity contribution in [3.8, 4) is 0 Å². The van der Waals surface area contributed by atoms with Crippen LogP contribution in [0.4, 0.5) is 0 Å². The molecule has 0 amide bonds. The number of hydrogen-bond donors (Lipinski definition) is 1. The fourth-order valence-electron chi connectivity index (χ4n) is 1.96. The zero-order valence-electron chi connectivity index (χ0n) is 10.5. The van der Waals surface area contributed by atoms with E-state index in [0.717, 1.165) is 18.3 Å². The molecule has 1 heterocycles. The Morgan fingerprint density at radius 1 is 1.47 bits per heavy atom. The maximum absolute atomic E-state index is 3.66. The molecule has 0 aromatic heterocycles. The summed E-state index contributed by atoms with van der Waals surface area (Å²) >= 11 is 2.15. The highest BCUT2D eigenvalue weighted by atomic mass is 32.2. The first-order chi connectivity index (χ1) is 7.22. The van der Waals surface area contributed by atoms with Crippen LogP contribution in [0.3, 0.4) is 0 Å². The summed E-state index contributed by atoms with van der Waals surface area (Å²) in [5.74, 6) is 1.37. The third-order valence-electron chi connectivity index (χ3n) is 3.09. The van der Waals surface area contributed by atoms with Gasteiger partial charge in [-0.2, -0.15) is 11.8 Å². The first-order valence-corrected chi connectivity index (χ1v) is 7.30. The van der Waals surface area contributed by atoms with Crippen LogP contribution in [0.1, 0.15) is 33.1 Å². The maximum Gasteiger partial charge on any atom is 0.0172 e. The molecule has 1 N–H and O–H groups in total. The second-order valence-electron chi connectivity index (χ2n) is 4.65. The lowest BCUT2D eigenvalue weighted by Crippen LogP contribution is -2.40. The van der Waals surface area contributed by atoms with Crippen molar-refractivity contribution in [1.82, 2.24) is 10.2 Å². The van der Waals surface area contributed by atoms with Gasteiger partial charge in [-0.3, -0.25) is 0 Å². The van der Waals surface area contributed by atoms with Crippen LogP contribution in [0.15, 0.2) is 0 Å². The Hall–Kier alpha value is 0.270. The van der Waals surface area contributed by atoms with E-state index >= 15 is 0 Å². The summed E-state index contributed by atoms with van der Waals surface area (Å²) in [6.07, 6.45) is 4.27. The molecule has 1 saturated heterocycles. The van der Waals surface area contributed by atoms with Gasteiger partial charge in [-0.1, -0.05) is 13.3 Å². The fourth-order valence-corrected chi connectivity index (χ4v) is 3.21. The highest BCUT2D eigenvalue weighted by Gasteiger charge is 2.14. The average Bonchev–Trinajstić information content (AvgIpc) is 2.27. The highest BCUT2D eigenvalue weighted by molar-refractivity contribution is 7.99. The molecule has 15 heavy (non-hydrogen) atoms. The van der Waals surface area contributed by atoms with Crippen LogP contribution in [0.2, 0.25) is 0 Å². The first kappa shape index (κ1) is 13.3. The number of likely N-dealkylation sites (N-methyl/N-ethyl adjacent to an activating group) is 1. The van der Waals surface area contributed by atoms with Crippen molar-refractivity contribution >= 4 is 11.8 Å². The minimum absolute atomic E-state index is 0.623. The third kappa shape index (κ3) is 5.79. The van der Waals surface area contributed by atoms with E-state index in [9.17, 15) is 0 Å². The molecule has 2 atom stereocenters. The SMILES string of the molecule is CCN(C)CC(C)NCC1CCCCS1. The summed E-state index contributed by atoms with van der Waals surface area (Å²) in [5.41, 5.74) is 0. The van der Waals surface area contributed by atoms with Gasteiger partial charge in [0.15, 0.2) is 0 Å². The monoisotopic (exact) mass is 230 g/mol. The molecule has 0 aromatic rings. The zero-order valence-corrected chi connectivity index (χ0v) is 11.3. The Bertz CT molecular complexity index is 158. The summed E-state index contributed by atoms with van der Waals surface area (Å²) in [6.45, 7) is 8.00. The lowest BCUT2D eigenvalue weighted by molar-refractivity contribution is 0.309. The van der Waals surface area contributed by atoms with Crippen molar-refractivity contribution in [2.75, 3.05) is 32.4 Å². The molecular formula is C12H26N2S. The molecule has 0 spiro atoms. The largest absolute Gasteiger partial charge is 0.312 e. The van der Waals surface area contributed by atoms with E-state index in [1.807, 2.05) is 0 Å². The molecule has 0 aromatic carbocycles. The Morgan fingerprint density at radius 2 is 2.27 bits per heavy atom. The minimum Gasteiger partial charge on any atom is -0.312 e. The van der Waals surface area contributed by atoms with Crippen LogP contribution >= 0.6 is 11.8 Å². The summed E-state index contributed by atoms with van der Waals surface area (Å²) in [4.78, 5) is 2.37. The van der Waals surface area contributed by atoms with Gasteiger partial charge in [0.2, 0.25) is 0 Å². The quantitative estimate of drug-likeness (QED) is 0.753. The topological polar surface area (TPSA) is 15.3 Å². The van der Waals surface area contributed by atoms with Gasteiger partial charge in [0.25, 0.3) is 0 Å². The van der Waals surface area contributed by atoms with Crippen molar-refractivity contribution in [1.29, 1.82) is 0 Å². The van der Waals surface area contributed by atoms with E-state index < -0.39 is 0 Å². The third-order valence-corrected chi connectivity index (χ3v) is 4.49. The van der Waals surface area contributed by atoms with Gasteiger partial charge >= 0.3 is 0 Å². The molecule has 3 heteroatoms. The second-order valence-corrected chi connectivity index (χ2v) is 6.06. The van der Waals surface area contributed by atoms with Crippen LogP contribution in [0, 0.1) is 0 Å². The number of nitrogens with one attached hydrogen (secondary N) is 1. The molecule has 0 saturated carbocycles. The van der Waals surface area contributed by atoms with E-state index in [1.165, 1.54) is 31.6 Å². The van der Waals surface area contributed by atoms with Crippen LogP contribution < -0.4 is 5.32 Å². The van der Waals surface area contributed by atoms with E-state index in [-0.39, 0.29) is 0 Å². The van der Waals surface area contributed by atoms with Gasteiger partial charge in [0, 0.05) is 24.4 Å². The molecule has 90 valence electrons. The van der Waals surface area contributed by atoms with Crippen LogP contribution in [-0.4, -0.2) is 48.6 Å². The molecule has 1 aliphatic heterocycles. The first-order valence-electron chi connectivity index (χ1n) is 6.26. The minimum atomic E-state index is 0.623. The van der Waals surface area contributed by atoms with Gasteiger partial charge in [0.1, 0.15) is 0 Å². The number of hydrogen-bond acceptors (Lipinski definition) is 3. The number of nitrogens with zero attached hydrogens (tertiary/aromatic N) is 1. The Kier molecular flexibility index (Phi) is 6.69. The van der Waals surface area contributed by atoms with Gasteiger partial charge in [-0.25, -0.2) is 0 Å². The molecule has 2 nitrogen and oxygen atoms in total. The van der Waals surface area contributed by atoms with Crippen molar-refractivity contribution in [3.05, 3.63) is 0 Å². The Morgan fingerprint density at radius 3 is 2.87 bits per heavy atom. The normalized spacial score (nSPS) is 24.4. The van der Waals surface area contributed by atoms with Crippen LogP contribution in [0.5, 0.6) is 0 Å². The second kappa shape index (κ2) is 7.53. The standard InChI is InChI=1S/C12H26N2S/c1-4-14(3)10-11(2)13-9-12-7-5-6-8-15-12/h11-13H,4-10H2,1-3H3. The molecule has 2 unspecified atom stereocenters. The molecule has 0 aliphatic carbocycles. The van der Waals surface area contributed by atoms with Gasteiger partial charge in [-0.15, -0.1) is 0 Å². The van der Waals surface area contributed by atoms with E-state index in [2.05, 4.69) is 42.9 Å². The van der Waals surface area contributed by atoms with Crippen LogP contribution in [-0.2, 0) is 0 Å². The predicted molar refractivity (Wildman–Crippen MR) is 70.7 cm³/mol. The molecule has 0 bridgehead atoms. The number of rotatable bonds is 6. The van der Waals surface area contributed by atoms with E-state index in [0.29, 0.717) is 6.04 Å². The zero-order chi connectivity index (χ0) is 11.1. The van der Waals surface area contributed by atoms with Crippen molar-refractivity contribution < 1.29 is 0 Å². The average molecular weight is 230 g/mol. The molecule has 0 radical (unpaired) electrons. The lowest BCUT2D eigenvalue weighted by atomic mass is 10.2. The van der Waals surface area contributed by atoms with Crippen molar-refractivity contribution in [2.24, 2.45) is 0 Å². The summed E-state index contributed by atoms with van der Waals surface area (Å²) < 4.78 is 0. The van der Waals surface area contributed by atoms with Crippen LogP contribution in [0.25, 0.3) is 0 Å². The molecule has 1 fully saturated rings. The van der Waals surface area contributed by atoms with E-state index in [1.54, 1.807) is 0 Å². The smallest absolute Gasteiger partial charge is 0.0172 e. The fraction of sp³-hybridized carbons (Fsp3) is 1.00. The van der Waals surface area contributed by atoms with Crippen molar-refractivity contribution in [2.45, 2.75) is 44.4 Å². The maximum atomic E-state index is 3.66.